The van der Waals surface area contributed by atoms with Crippen LogP contribution in [0, 0.1) is 5.92 Å². The zero-order chi connectivity index (χ0) is 17.0. The summed E-state index contributed by atoms with van der Waals surface area (Å²) >= 11 is 1.46. The van der Waals surface area contributed by atoms with Gasteiger partial charge in [-0.25, -0.2) is 4.79 Å². The van der Waals surface area contributed by atoms with Gasteiger partial charge in [0.25, 0.3) is 0 Å². The molecule has 1 aromatic rings. The van der Waals surface area contributed by atoms with Crippen molar-refractivity contribution in [3.05, 3.63) is 22.4 Å². The average Bonchev–Trinajstić information content (AvgIpc) is 2.88. The Labute approximate surface area is 142 Å². The number of nitrogens with zero attached hydrogens (tertiary/aromatic N) is 1. The number of hydrogen-bond acceptors (Lipinski definition) is 4. The lowest BCUT2D eigenvalue weighted by Crippen LogP contribution is -2.47. The van der Waals surface area contributed by atoms with E-state index >= 15 is 0 Å². The number of amides is 1. The molecule has 2 atom stereocenters. The van der Waals surface area contributed by atoms with Gasteiger partial charge in [-0.3, -0.25) is 4.79 Å². The second kappa shape index (κ2) is 7.47. The van der Waals surface area contributed by atoms with Gasteiger partial charge >= 0.3 is 6.09 Å². The Kier molecular flexibility index (Phi) is 5.84. The number of rotatable bonds is 3. The van der Waals surface area contributed by atoms with Gasteiger partial charge in [-0.1, -0.05) is 25.8 Å². The van der Waals surface area contributed by atoms with Crippen molar-refractivity contribution in [1.29, 1.82) is 0 Å². The molecule has 1 aliphatic rings. The Morgan fingerprint density at radius 2 is 2.04 bits per heavy atom. The summed E-state index contributed by atoms with van der Waals surface area (Å²) in [5, 5.41) is 1.92. The first-order valence-electron chi connectivity index (χ1n) is 8.37. The summed E-state index contributed by atoms with van der Waals surface area (Å²) in [4.78, 5) is 27.8. The van der Waals surface area contributed by atoms with Crippen molar-refractivity contribution >= 4 is 23.2 Å². The average molecular weight is 337 g/mol. The fourth-order valence-electron chi connectivity index (χ4n) is 3.02. The molecule has 5 heteroatoms. The van der Waals surface area contributed by atoms with E-state index in [1.54, 1.807) is 4.90 Å². The first kappa shape index (κ1) is 18.0. The molecule has 0 aliphatic carbocycles. The van der Waals surface area contributed by atoms with Gasteiger partial charge in [0, 0.05) is 18.5 Å². The van der Waals surface area contributed by atoms with Crippen LogP contribution in [0.2, 0.25) is 0 Å². The lowest BCUT2D eigenvalue weighted by molar-refractivity contribution is 0.0117. The van der Waals surface area contributed by atoms with Crippen molar-refractivity contribution < 1.29 is 14.3 Å². The maximum absolute atomic E-state index is 12.7. The molecule has 2 heterocycles. The van der Waals surface area contributed by atoms with Crippen LogP contribution in [0.3, 0.4) is 0 Å². The number of thiophene rings is 1. The van der Waals surface area contributed by atoms with Crippen LogP contribution < -0.4 is 0 Å². The summed E-state index contributed by atoms with van der Waals surface area (Å²) in [6, 6.07) is 3.67. The van der Waals surface area contributed by atoms with Gasteiger partial charge in [-0.05, 0) is 45.1 Å². The maximum Gasteiger partial charge on any atom is 0.410 e. The van der Waals surface area contributed by atoms with Crippen LogP contribution >= 0.6 is 11.3 Å². The quantitative estimate of drug-likeness (QED) is 0.748. The molecule has 1 aliphatic heterocycles. The zero-order valence-electron chi connectivity index (χ0n) is 14.5. The molecule has 128 valence electrons. The van der Waals surface area contributed by atoms with Crippen LogP contribution in [-0.2, 0) is 4.74 Å². The lowest BCUT2D eigenvalue weighted by atomic mass is 9.92. The molecule has 2 rings (SSSR count). The van der Waals surface area contributed by atoms with E-state index in [0.29, 0.717) is 6.54 Å². The minimum Gasteiger partial charge on any atom is -0.444 e. The number of likely N-dealkylation sites (tertiary alicyclic amines) is 1. The smallest absolute Gasteiger partial charge is 0.410 e. The van der Waals surface area contributed by atoms with Crippen molar-refractivity contribution in [2.24, 2.45) is 5.92 Å². The van der Waals surface area contributed by atoms with Crippen molar-refractivity contribution in [2.45, 2.75) is 65.0 Å². The number of ketones is 1. The molecule has 2 unspecified atom stereocenters. The molecule has 1 amide bonds. The molecule has 4 nitrogen and oxygen atoms in total. The van der Waals surface area contributed by atoms with Gasteiger partial charge in [-0.15, -0.1) is 11.3 Å². The summed E-state index contributed by atoms with van der Waals surface area (Å²) in [6.07, 6.45) is 3.67. The van der Waals surface area contributed by atoms with E-state index < -0.39 is 5.60 Å². The summed E-state index contributed by atoms with van der Waals surface area (Å²) in [6.45, 7) is 8.23. The predicted octanol–water partition coefficient (Wildman–Crippen LogP) is 4.75. The monoisotopic (exact) mass is 337 g/mol. The fourth-order valence-corrected chi connectivity index (χ4v) is 3.78. The van der Waals surface area contributed by atoms with Crippen LogP contribution in [0.4, 0.5) is 4.79 Å². The minimum absolute atomic E-state index is 0.0815. The van der Waals surface area contributed by atoms with E-state index in [1.807, 2.05) is 45.2 Å². The fraction of sp³-hybridized carbons (Fsp3) is 0.667. The molecule has 0 aromatic carbocycles. The highest BCUT2D eigenvalue weighted by Gasteiger charge is 2.35. The minimum atomic E-state index is -0.519. The van der Waals surface area contributed by atoms with E-state index in [2.05, 4.69) is 0 Å². The van der Waals surface area contributed by atoms with Gasteiger partial charge in [0.1, 0.15) is 5.60 Å². The normalized spacial score (nSPS) is 20.7. The number of ether oxygens (including phenoxy) is 1. The molecular formula is C18H27NO3S. The maximum atomic E-state index is 12.7. The standard InChI is InChI=1S/C18H27NO3S/c1-13(16(20)15-10-8-12-23-15)14-9-6-5-7-11-19(14)17(21)22-18(2,3)4/h8,10,12-14H,5-7,9,11H2,1-4H3. The second-order valence-corrected chi connectivity index (χ2v) is 8.17. The lowest BCUT2D eigenvalue weighted by Gasteiger charge is -2.35. The number of Topliss-reactive ketones (excluding diaryl/α,β-unsaturated/α-hetero) is 1. The van der Waals surface area contributed by atoms with E-state index in [0.717, 1.165) is 30.6 Å². The molecule has 0 N–H and O–H groups in total. The number of carbonyl (C=O) groups is 2. The molecule has 0 radical (unpaired) electrons. The summed E-state index contributed by atoms with van der Waals surface area (Å²) in [5.74, 6) is -0.0836. The van der Waals surface area contributed by atoms with Crippen molar-refractivity contribution in [3.63, 3.8) is 0 Å². The zero-order valence-corrected chi connectivity index (χ0v) is 15.3. The van der Waals surface area contributed by atoms with E-state index in [1.165, 1.54) is 11.3 Å². The van der Waals surface area contributed by atoms with Gasteiger partial charge in [0.2, 0.25) is 0 Å². The SMILES string of the molecule is CC(C(=O)c1cccs1)C1CCCCCN1C(=O)OC(C)(C)C. The highest BCUT2D eigenvalue weighted by Crippen LogP contribution is 2.28. The Balaban J connectivity index is 2.17. The van der Waals surface area contributed by atoms with E-state index in [-0.39, 0.29) is 23.8 Å². The summed E-state index contributed by atoms with van der Waals surface area (Å²) < 4.78 is 5.56. The largest absolute Gasteiger partial charge is 0.444 e. The van der Waals surface area contributed by atoms with Crippen LogP contribution in [0.5, 0.6) is 0 Å². The predicted molar refractivity (Wildman–Crippen MR) is 93.0 cm³/mol. The number of carbonyl (C=O) groups excluding carboxylic acids is 2. The molecule has 0 spiro atoms. The second-order valence-electron chi connectivity index (χ2n) is 7.22. The van der Waals surface area contributed by atoms with Crippen molar-refractivity contribution in [2.75, 3.05) is 6.54 Å². The van der Waals surface area contributed by atoms with Crippen molar-refractivity contribution in [1.82, 2.24) is 4.90 Å². The van der Waals surface area contributed by atoms with Crippen molar-refractivity contribution in [3.8, 4) is 0 Å². The first-order valence-corrected chi connectivity index (χ1v) is 9.25. The van der Waals surface area contributed by atoms with Crippen LogP contribution in [0.25, 0.3) is 0 Å². The van der Waals surface area contributed by atoms with Crippen LogP contribution in [0.15, 0.2) is 17.5 Å². The molecule has 23 heavy (non-hydrogen) atoms. The van der Waals surface area contributed by atoms with E-state index in [4.69, 9.17) is 4.74 Å². The third-order valence-electron chi connectivity index (χ3n) is 4.18. The van der Waals surface area contributed by atoms with Gasteiger partial charge in [0.05, 0.1) is 4.88 Å². The highest BCUT2D eigenvalue weighted by atomic mass is 32.1. The Hall–Kier alpha value is -1.36. The molecule has 1 aromatic heterocycles. The third-order valence-corrected chi connectivity index (χ3v) is 5.07. The van der Waals surface area contributed by atoms with Gasteiger partial charge in [0.15, 0.2) is 5.78 Å². The van der Waals surface area contributed by atoms with E-state index in [9.17, 15) is 9.59 Å². The molecule has 0 bridgehead atoms. The van der Waals surface area contributed by atoms with Gasteiger partial charge in [-0.2, -0.15) is 0 Å². The molecule has 0 saturated carbocycles. The molecular weight excluding hydrogens is 310 g/mol. The first-order chi connectivity index (χ1) is 10.8. The summed E-state index contributed by atoms with van der Waals surface area (Å²) in [5.41, 5.74) is -0.519. The Morgan fingerprint density at radius 1 is 1.30 bits per heavy atom. The summed E-state index contributed by atoms with van der Waals surface area (Å²) in [7, 11) is 0. The highest BCUT2D eigenvalue weighted by molar-refractivity contribution is 7.12. The Bertz CT molecular complexity index is 533. The topological polar surface area (TPSA) is 46.6 Å². The third kappa shape index (κ3) is 4.80. The van der Waals surface area contributed by atoms with Crippen LogP contribution in [-0.4, -0.2) is 35.0 Å². The van der Waals surface area contributed by atoms with Gasteiger partial charge < -0.3 is 9.64 Å². The van der Waals surface area contributed by atoms with Crippen LogP contribution in [0.1, 0.15) is 63.0 Å². The molecule has 1 saturated heterocycles. The Morgan fingerprint density at radius 3 is 2.65 bits per heavy atom. The number of hydrogen-bond donors (Lipinski definition) is 0. The molecule has 1 fully saturated rings.